The lowest BCUT2D eigenvalue weighted by atomic mass is 9.99. The first-order valence-corrected chi connectivity index (χ1v) is 4.80. The van der Waals surface area contributed by atoms with E-state index < -0.39 is 5.97 Å². The molecule has 1 saturated carbocycles. The minimum Gasteiger partial charge on any atom is -0.478 e. The third kappa shape index (κ3) is 1.41. The van der Waals surface area contributed by atoms with Crippen molar-refractivity contribution in [3.63, 3.8) is 0 Å². The smallest absolute Gasteiger partial charge is 0.338 e. The van der Waals surface area contributed by atoms with Crippen LogP contribution in [0.4, 0.5) is 0 Å². The van der Waals surface area contributed by atoms with E-state index in [1.807, 2.05) is 0 Å². The number of hydrogen-bond donors (Lipinski definition) is 1. The largest absolute Gasteiger partial charge is 0.478 e. The van der Waals surface area contributed by atoms with Crippen molar-refractivity contribution in [2.45, 2.75) is 32.2 Å². The topological polar surface area (TPSA) is 55.1 Å². The number of hydrogen-bond acceptors (Lipinski definition) is 2. The average Bonchev–Trinajstić information content (AvgIpc) is 2.82. The number of rotatable bonds is 3. The van der Waals surface area contributed by atoms with Crippen LogP contribution in [-0.4, -0.2) is 20.9 Å². The molecule has 0 atom stereocenters. The Morgan fingerprint density at radius 2 is 2.29 bits per heavy atom. The second-order valence-corrected chi connectivity index (χ2v) is 4.41. The molecule has 0 unspecified atom stereocenters. The van der Waals surface area contributed by atoms with Gasteiger partial charge in [0.05, 0.1) is 17.3 Å². The van der Waals surface area contributed by atoms with Gasteiger partial charge in [-0.05, 0) is 32.6 Å². The molecular weight excluding hydrogens is 180 g/mol. The molecule has 4 nitrogen and oxygen atoms in total. The van der Waals surface area contributed by atoms with Crippen LogP contribution in [0.15, 0.2) is 12.4 Å². The van der Waals surface area contributed by atoms with E-state index in [1.165, 1.54) is 19.0 Å². The maximum Gasteiger partial charge on any atom is 0.338 e. The minimum absolute atomic E-state index is 0.0479. The Kier molecular flexibility index (Phi) is 1.87. The molecule has 1 aliphatic carbocycles. The van der Waals surface area contributed by atoms with Crippen molar-refractivity contribution in [2.24, 2.45) is 5.92 Å². The molecule has 1 aromatic rings. The van der Waals surface area contributed by atoms with Crippen LogP contribution in [0.5, 0.6) is 0 Å². The van der Waals surface area contributed by atoms with Crippen LogP contribution in [0.1, 0.15) is 37.0 Å². The Hall–Kier alpha value is -1.32. The second kappa shape index (κ2) is 2.83. The average molecular weight is 194 g/mol. The van der Waals surface area contributed by atoms with E-state index in [2.05, 4.69) is 18.9 Å². The minimum atomic E-state index is -0.914. The third-order valence-corrected chi connectivity index (χ3v) is 3.00. The number of nitrogens with zero attached hydrogens (tertiary/aromatic N) is 2. The quantitative estimate of drug-likeness (QED) is 0.797. The summed E-state index contributed by atoms with van der Waals surface area (Å²) < 4.78 is 1.77. The molecule has 1 heterocycles. The Labute approximate surface area is 82.5 Å². The first-order chi connectivity index (χ1) is 6.51. The highest BCUT2D eigenvalue weighted by Crippen LogP contribution is 2.43. The molecule has 0 bridgehead atoms. The molecule has 1 aromatic heterocycles. The summed E-state index contributed by atoms with van der Waals surface area (Å²) in [5, 5.41) is 12.9. The van der Waals surface area contributed by atoms with Gasteiger partial charge >= 0.3 is 5.97 Å². The maximum absolute atomic E-state index is 10.7. The molecule has 1 N–H and O–H groups in total. The van der Waals surface area contributed by atoms with Gasteiger partial charge in [0.2, 0.25) is 0 Å². The van der Waals surface area contributed by atoms with Gasteiger partial charge in [-0.2, -0.15) is 5.10 Å². The van der Waals surface area contributed by atoms with E-state index in [0.29, 0.717) is 5.92 Å². The van der Waals surface area contributed by atoms with Crippen LogP contribution in [0.2, 0.25) is 0 Å². The monoisotopic (exact) mass is 194 g/mol. The van der Waals surface area contributed by atoms with Gasteiger partial charge in [0.15, 0.2) is 0 Å². The molecule has 4 heteroatoms. The lowest BCUT2D eigenvalue weighted by Gasteiger charge is -2.24. The van der Waals surface area contributed by atoms with Crippen LogP contribution in [0.3, 0.4) is 0 Å². The number of aromatic carboxylic acids is 1. The van der Waals surface area contributed by atoms with Gasteiger partial charge < -0.3 is 5.11 Å². The number of carboxylic acids is 1. The summed E-state index contributed by atoms with van der Waals surface area (Å²) in [6.45, 7) is 4.20. The van der Waals surface area contributed by atoms with Crippen molar-refractivity contribution in [1.82, 2.24) is 9.78 Å². The Bertz CT molecular complexity index is 364. The first kappa shape index (κ1) is 9.24. The molecule has 1 fully saturated rings. The highest BCUT2D eigenvalue weighted by molar-refractivity contribution is 5.86. The van der Waals surface area contributed by atoms with Gasteiger partial charge in [-0.25, -0.2) is 4.79 Å². The second-order valence-electron chi connectivity index (χ2n) is 4.41. The molecule has 0 radical (unpaired) electrons. The summed E-state index contributed by atoms with van der Waals surface area (Å²) in [5.74, 6) is -0.271. The van der Waals surface area contributed by atoms with E-state index in [9.17, 15) is 4.79 Å². The van der Waals surface area contributed by atoms with Gasteiger partial charge in [-0.1, -0.05) is 0 Å². The predicted octanol–water partition coefficient (Wildman–Crippen LogP) is 1.73. The highest BCUT2D eigenvalue weighted by atomic mass is 16.4. The van der Waals surface area contributed by atoms with E-state index in [-0.39, 0.29) is 11.1 Å². The Balaban J connectivity index is 2.27. The molecule has 0 saturated heterocycles. The predicted molar refractivity (Wildman–Crippen MR) is 51.2 cm³/mol. The zero-order valence-corrected chi connectivity index (χ0v) is 8.40. The number of aromatic nitrogens is 2. The zero-order valence-electron chi connectivity index (χ0n) is 8.40. The summed E-state index contributed by atoms with van der Waals surface area (Å²) >= 11 is 0. The summed E-state index contributed by atoms with van der Waals surface area (Å²) in [7, 11) is 0. The molecule has 0 spiro atoms. The molecule has 0 amide bonds. The number of carboxylic acid groups (broad SMARTS) is 1. The van der Waals surface area contributed by atoms with Gasteiger partial charge in [-0.15, -0.1) is 0 Å². The highest BCUT2D eigenvalue weighted by Gasteiger charge is 2.39. The summed E-state index contributed by atoms with van der Waals surface area (Å²) in [5.41, 5.74) is 0.215. The van der Waals surface area contributed by atoms with Crippen molar-refractivity contribution >= 4 is 5.97 Å². The SMILES string of the molecule is CC(C)(C1CC1)n1cc(C(=O)O)cn1. The van der Waals surface area contributed by atoms with Crippen LogP contribution in [0.25, 0.3) is 0 Å². The van der Waals surface area contributed by atoms with E-state index in [1.54, 1.807) is 10.9 Å². The van der Waals surface area contributed by atoms with Crippen molar-refractivity contribution in [1.29, 1.82) is 0 Å². The van der Waals surface area contributed by atoms with Crippen LogP contribution in [0, 0.1) is 5.92 Å². The molecule has 14 heavy (non-hydrogen) atoms. The summed E-state index contributed by atoms with van der Waals surface area (Å²) in [6, 6.07) is 0. The molecule has 2 rings (SSSR count). The van der Waals surface area contributed by atoms with E-state index in [4.69, 9.17) is 5.11 Å². The van der Waals surface area contributed by atoms with Gasteiger partial charge in [0.25, 0.3) is 0 Å². The maximum atomic E-state index is 10.7. The van der Waals surface area contributed by atoms with Gasteiger partial charge in [-0.3, -0.25) is 4.68 Å². The van der Waals surface area contributed by atoms with Crippen LogP contribution < -0.4 is 0 Å². The lowest BCUT2D eigenvalue weighted by molar-refractivity contribution is 0.0696. The summed E-state index contributed by atoms with van der Waals surface area (Å²) in [6.07, 6.45) is 5.46. The zero-order chi connectivity index (χ0) is 10.3. The van der Waals surface area contributed by atoms with Crippen molar-refractivity contribution < 1.29 is 9.90 Å². The molecule has 0 aliphatic heterocycles. The molecule has 1 aliphatic rings. The van der Waals surface area contributed by atoms with Gasteiger partial charge in [0, 0.05) is 6.20 Å². The van der Waals surface area contributed by atoms with Gasteiger partial charge in [0.1, 0.15) is 0 Å². The molecule has 76 valence electrons. The van der Waals surface area contributed by atoms with E-state index >= 15 is 0 Å². The van der Waals surface area contributed by atoms with Crippen molar-refractivity contribution in [3.8, 4) is 0 Å². The van der Waals surface area contributed by atoms with Crippen LogP contribution in [-0.2, 0) is 5.54 Å². The normalized spacial score (nSPS) is 17.0. The standard InChI is InChI=1S/C10H14N2O2/c1-10(2,8-3-4-8)12-6-7(5-11-12)9(13)14/h5-6,8H,3-4H2,1-2H3,(H,13,14). The third-order valence-electron chi connectivity index (χ3n) is 3.00. The fourth-order valence-electron chi connectivity index (χ4n) is 1.73. The van der Waals surface area contributed by atoms with Crippen molar-refractivity contribution in [3.05, 3.63) is 18.0 Å². The molecular formula is C10H14N2O2. The number of carbonyl (C=O) groups is 1. The summed E-state index contributed by atoms with van der Waals surface area (Å²) in [4.78, 5) is 10.7. The molecule has 0 aromatic carbocycles. The first-order valence-electron chi connectivity index (χ1n) is 4.80. The van der Waals surface area contributed by atoms with E-state index in [0.717, 1.165) is 0 Å². The van der Waals surface area contributed by atoms with Crippen LogP contribution >= 0.6 is 0 Å². The lowest BCUT2D eigenvalue weighted by Crippen LogP contribution is -2.29. The van der Waals surface area contributed by atoms with Crippen molar-refractivity contribution in [2.75, 3.05) is 0 Å². The Morgan fingerprint density at radius 1 is 1.64 bits per heavy atom. The fraction of sp³-hybridized carbons (Fsp3) is 0.600. The fourth-order valence-corrected chi connectivity index (χ4v) is 1.73. The Morgan fingerprint density at radius 3 is 2.71 bits per heavy atom.